The fourth-order valence-corrected chi connectivity index (χ4v) is 9.19. The Morgan fingerprint density at radius 3 is 2.55 bits per heavy atom. The number of amides is 1. The van der Waals surface area contributed by atoms with Gasteiger partial charge in [0.15, 0.2) is 0 Å². The first kappa shape index (κ1) is 34.2. The largest absolute Gasteiger partial charge is 0.382 e. The number of halogens is 1. The van der Waals surface area contributed by atoms with Gasteiger partial charge in [0.05, 0.1) is 29.9 Å². The van der Waals surface area contributed by atoms with Crippen LogP contribution in [0.4, 0.5) is 10.1 Å². The summed E-state index contributed by atoms with van der Waals surface area (Å²) in [7, 11) is -2.63. The highest BCUT2D eigenvalue weighted by Crippen LogP contribution is 2.47. The number of benzene rings is 2. The molecule has 3 saturated heterocycles. The minimum Gasteiger partial charge on any atom is -0.382 e. The lowest BCUT2D eigenvalue weighted by Gasteiger charge is -2.51. The van der Waals surface area contributed by atoms with E-state index in [-0.39, 0.29) is 40.9 Å². The molecule has 2 aromatic carbocycles. The van der Waals surface area contributed by atoms with Gasteiger partial charge >= 0.3 is 0 Å². The van der Waals surface area contributed by atoms with E-state index in [1.54, 1.807) is 18.2 Å². The van der Waals surface area contributed by atoms with E-state index < -0.39 is 21.7 Å². The molecule has 258 valence electrons. The number of anilines is 1. The third-order valence-corrected chi connectivity index (χ3v) is 12.1. The van der Waals surface area contributed by atoms with Crippen LogP contribution in [-0.4, -0.2) is 77.5 Å². The van der Waals surface area contributed by atoms with Gasteiger partial charge in [-0.25, -0.2) is 28.4 Å². The minimum atomic E-state index is -3.90. The monoisotopic (exact) mass is 671 g/mol. The van der Waals surface area contributed by atoms with Gasteiger partial charge in [-0.3, -0.25) is 9.69 Å². The van der Waals surface area contributed by atoms with Crippen LogP contribution in [0.5, 0.6) is 0 Å². The number of nitrogens with zero attached hydrogens (tertiary/aromatic N) is 1. The second-order valence-corrected chi connectivity index (χ2v) is 15.3. The number of carbonyl (C=O) groups excluding carboxylic acids is 1. The SMILES string of the molecule is CNS(=O)(=O)c1cccc(F)c1CNC(=O)c1cccc(NCC2NNC3C4C(CNCC45CCCCCCCCC5)OCCN23)c1. The molecule has 2 aromatic rings. The van der Waals surface area contributed by atoms with Gasteiger partial charge in [0, 0.05) is 55.5 Å². The Morgan fingerprint density at radius 2 is 1.79 bits per heavy atom. The molecule has 4 atom stereocenters. The zero-order valence-corrected chi connectivity index (χ0v) is 28.1. The van der Waals surface area contributed by atoms with Crippen molar-refractivity contribution in [3.05, 3.63) is 59.4 Å². The first-order chi connectivity index (χ1) is 22.8. The predicted molar refractivity (Wildman–Crippen MR) is 179 cm³/mol. The van der Waals surface area contributed by atoms with Crippen molar-refractivity contribution >= 4 is 21.6 Å². The average Bonchev–Trinajstić information content (AvgIpc) is 3.37. The molecule has 0 radical (unpaired) electrons. The predicted octanol–water partition coefficient (Wildman–Crippen LogP) is 3.27. The Balaban J connectivity index is 1.11. The van der Waals surface area contributed by atoms with Gasteiger partial charge in [-0.05, 0) is 55.6 Å². The van der Waals surface area contributed by atoms with Crippen molar-refractivity contribution < 1.29 is 22.3 Å². The highest BCUT2D eigenvalue weighted by Gasteiger charge is 2.54. The molecule has 1 amide bonds. The fourth-order valence-electron chi connectivity index (χ4n) is 8.21. The third-order valence-electron chi connectivity index (χ3n) is 10.6. The van der Waals surface area contributed by atoms with Crippen LogP contribution in [0.2, 0.25) is 0 Å². The highest BCUT2D eigenvalue weighted by molar-refractivity contribution is 7.89. The number of sulfonamides is 1. The Hall–Kier alpha value is -2.65. The molecule has 0 aromatic heterocycles. The van der Waals surface area contributed by atoms with Gasteiger partial charge in [-0.2, -0.15) is 0 Å². The van der Waals surface area contributed by atoms with E-state index in [4.69, 9.17) is 4.74 Å². The van der Waals surface area contributed by atoms with Crippen LogP contribution in [0.1, 0.15) is 73.7 Å². The zero-order valence-electron chi connectivity index (χ0n) is 27.3. The molecule has 1 aliphatic carbocycles. The molecule has 13 heteroatoms. The number of ether oxygens (including phenoxy) is 1. The number of carbonyl (C=O) groups is 1. The maximum absolute atomic E-state index is 14.6. The summed E-state index contributed by atoms with van der Waals surface area (Å²) in [6.45, 7) is 3.78. The van der Waals surface area contributed by atoms with E-state index in [0.717, 1.165) is 25.3 Å². The number of hydrazine groups is 1. The van der Waals surface area contributed by atoms with Gasteiger partial charge in [0.25, 0.3) is 5.91 Å². The summed E-state index contributed by atoms with van der Waals surface area (Å²) in [5, 5.41) is 9.95. The van der Waals surface area contributed by atoms with Crippen LogP contribution < -0.4 is 31.5 Å². The molecule has 4 unspecified atom stereocenters. The van der Waals surface area contributed by atoms with Crippen LogP contribution in [0.15, 0.2) is 47.4 Å². The van der Waals surface area contributed by atoms with Crippen LogP contribution >= 0.6 is 0 Å². The summed E-state index contributed by atoms with van der Waals surface area (Å²) in [5.41, 5.74) is 8.54. The number of piperidine rings is 1. The summed E-state index contributed by atoms with van der Waals surface area (Å²) >= 11 is 0. The Kier molecular flexibility index (Phi) is 11.1. The van der Waals surface area contributed by atoms with Crippen molar-refractivity contribution in [2.75, 3.05) is 45.2 Å². The molecule has 3 aliphatic heterocycles. The highest BCUT2D eigenvalue weighted by atomic mass is 32.2. The Labute approximate surface area is 278 Å². The van der Waals surface area contributed by atoms with E-state index in [9.17, 15) is 17.6 Å². The van der Waals surface area contributed by atoms with Crippen molar-refractivity contribution in [3.8, 4) is 0 Å². The first-order valence-corrected chi connectivity index (χ1v) is 18.7. The number of nitrogens with one attached hydrogen (secondary N) is 6. The number of rotatable bonds is 8. The maximum Gasteiger partial charge on any atom is 0.251 e. The molecule has 6 N–H and O–H groups in total. The molecule has 1 spiro atoms. The lowest BCUT2D eigenvalue weighted by molar-refractivity contribution is -0.0746. The topological polar surface area (TPSA) is 136 Å². The number of hydrogen-bond donors (Lipinski definition) is 6. The van der Waals surface area contributed by atoms with E-state index in [0.29, 0.717) is 24.6 Å². The van der Waals surface area contributed by atoms with Crippen molar-refractivity contribution in [3.63, 3.8) is 0 Å². The summed E-state index contributed by atoms with van der Waals surface area (Å²) in [6, 6.07) is 11.0. The maximum atomic E-state index is 14.6. The molecule has 11 nitrogen and oxygen atoms in total. The number of fused-ring (bicyclic) bond motifs is 4. The van der Waals surface area contributed by atoms with Gasteiger partial charge < -0.3 is 20.7 Å². The van der Waals surface area contributed by atoms with Crippen molar-refractivity contribution in [1.29, 1.82) is 0 Å². The summed E-state index contributed by atoms with van der Waals surface area (Å²) in [6.07, 6.45) is 12.1. The second kappa shape index (κ2) is 15.3. The summed E-state index contributed by atoms with van der Waals surface area (Å²) < 4.78 is 48.2. The molecule has 6 rings (SSSR count). The second-order valence-electron chi connectivity index (χ2n) is 13.5. The van der Waals surface area contributed by atoms with Gasteiger partial charge in [0.2, 0.25) is 10.0 Å². The van der Waals surface area contributed by atoms with Crippen LogP contribution in [0.25, 0.3) is 0 Å². The average molecular weight is 672 g/mol. The van der Waals surface area contributed by atoms with Gasteiger partial charge in [-0.1, -0.05) is 57.1 Å². The number of hydrogen-bond acceptors (Lipinski definition) is 9. The first-order valence-electron chi connectivity index (χ1n) is 17.2. The lowest BCUT2D eigenvalue weighted by Crippen LogP contribution is -2.62. The van der Waals surface area contributed by atoms with Crippen LogP contribution in [-0.2, 0) is 21.3 Å². The Morgan fingerprint density at radius 1 is 1.04 bits per heavy atom. The standard InChI is InChI=1S/C34H50FN7O4S/c1-36-47(44,45)29-14-10-13-27(35)26(29)20-39-33(43)24-11-9-12-25(19-24)38-22-30-40-41-32-31-28(46-18-17-42(30)32)21-37-23-34(31)15-7-5-3-2-4-6-8-16-34/h9-14,19,28,30-32,36-38,40-41H,2-8,15-18,20-23H2,1H3,(H,39,43). The summed E-state index contributed by atoms with van der Waals surface area (Å²) in [4.78, 5) is 15.4. The molecule has 4 aliphatic rings. The molecule has 47 heavy (non-hydrogen) atoms. The van der Waals surface area contributed by atoms with E-state index in [1.165, 1.54) is 83.0 Å². The van der Waals surface area contributed by atoms with Gasteiger partial charge in [-0.15, -0.1) is 0 Å². The van der Waals surface area contributed by atoms with Crippen LogP contribution in [0.3, 0.4) is 0 Å². The molecular weight excluding hydrogens is 621 g/mol. The molecule has 1 saturated carbocycles. The quantitative estimate of drug-likeness (QED) is 0.250. The van der Waals surface area contributed by atoms with Gasteiger partial charge in [0.1, 0.15) is 5.82 Å². The zero-order chi connectivity index (χ0) is 32.9. The fraction of sp³-hybridized carbons (Fsp3) is 0.618. The van der Waals surface area contributed by atoms with E-state index in [2.05, 4.69) is 36.4 Å². The normalized spacial score (nSPS) is 26.9. The third kappa shape index (κ3) is 7.66. The molecule has 0 bridgehead atoms. The van der Waals surface area contributed by atoms with E-state index in [1.807, 2.05) is 6.07 Å². The Bertz CT molecular complexity index is 1480. The smallest absolute Gasteiger partial charge is 0.251 e. The lowest BCUT2D eigenvalue weighted by atomic mass is 9.63. The molecule has 3 heterocycles. The van der Waals surface area contributed by atoms with Crippen molar-refractivity contribution in [1.82, 2.24) is 31.1 Å². The van der Waals surface area contributed by atoms with E-state index >= 15 is 0 Å². The van der Waals surface area contributed by atoms with Crippen LogP contribution in [0, 0.1) is 17.2 Å². The molecule has 4 fully saturated rings. The van der Waals surface area contributed by atoms with Crippen molar-refractivity contribution in [2.45, 2.75) is 87.7 Å². The minimum absolute atomic E-state index is 0.0277. The summed E-state index contributed by atoms with van der Waals surface area (Å²) in [5.74, 6) is -0.745. The van der Waals surface area contributed by atoms with Crippen molar-refractivity contribution in [2.24, 2.45) is 11.3 Å². The molecular formula is C34H50FN7O4S.